The van der Waals surface area contributed by atoms with Crippen molar-refractivity contribution in [3.8, 4) is 0 Å². The first kappa shape index (κ1) is 13.4. The van der Waals surface area contributed by atoms with Crippen LogP contribution in [0.5, 0.6) is 0 Å². The maximum atomic E-state index is 10.5. The SMILES string of the molecule is Cc1cc(C(C)Nc2ncc([N+](=O)[O-])cn2)c(C)s1. The minimum absolute atomic E-state index is 0.0615. The number of rotatable bonds is 4. The number of hydrogen-bond acceptors (Lipinski definition) is 6. The molecule has 6 nitrogen and oxygen atoms in total. The quantitative estimate of drug-likeness (QED) is 0.686. The van der Waals surface area contributed by atoms with Gasteiger partial charge in [0.25, 0.3) is 0 Å². The van der Waals surface area contributed by atoms with Crippen LogP contribution < -0.4 is 5.32 Å². The number of hydrogen-bond donors (Lipinski definition) is 1. The van der Waals surface area contributed by atoms with Crippen LogP contribution in [0.1, 0.15) is 28.3 Å². The minimum atomic E-state index is -0.514. The summed E-state index contributed by atoms with van der Waals surface area (Å²) in [7, 11) is 0. The van der Waals surface area contributed by atoms with Gasteiger partial charge in [-0.05, 0) is 32.4 Å². The highest BCUT2D eigenvalue weighted by molar-refractivity contribution is 7.12. The van der Waals surface area contributed by atoms with E-state index in [-0.39, 0.29) is 11.7 Å². The van der Waals surface area contributed by atoms with Gasteiger partial charge < -0.3 is 5.32 Å². The molecule has 100 valence electrons. The lowest BCUT2D eigenvalue weighted by Gasteiger charge is -2.13. The highest BCUT2D eigenvalue weighted by Crippen LogP contribution is 2.27. The third-order valence-electron chi connectivity index (χ3n) is 2.74. The number of nitro groups is 1. The van der Waals surface area contributed by atoms with E-state index < -0.39 is 4.92 Å². The monoisotopic (exact) mass is 278 g/mol. The van der Waals surface area contributed by atoms with Crippen molar-refractivity contribution in [3.05, 3.63) is 43.9 Å². The fourth-order valence-electron chi connectivity index (χ4n) is 1.84. The van der Waals surface area contributed by atoms with Gasteiger partial charge in [-0.3, -0.25) is 10.1 Å². The molecule has 0 saturated heterocycles. The fraction of sp³-hybridized carbons (Fsp3) is 0.333. The van der Waals surface area contributed by atoms with Gasteiger partial charge in [0.15, 0.2) is 0 Å². The maximum absolute atomic E-state index is 10.5. The third-order valence-corrected chi connectivity index (χ3v) is 3.72. The Morgan fingerprint density at radius 2 is 2.00 bits per heavy atom. The van der Waals surface area contributed by atoms with Gasteiger partial charge in [0.1, 0.15) is 12.4 Å². The Hall–Kier alpha value is -2.02. The molecule has 2 aromatic heterocycles. The molecule has 0 bridgehead atoms. The summed E-state index contributed by atoms with van der Waals surface area (Å²) in [6.45, 7) is 6.15. The van der Waals surface area contributed by atoms with Crippen molar-refractivity contribution in [2.75, 3.05) is 5.32 Å². The van der Waals surface area contributed by atoms with Gasteiger partial charge in [0.05, 0.1) is 11.0 Å². The summed E-state index contributed by atoms with van der Waals surface area (Å²) in [5.41, 5.74) is 1.09. The zero-order valence-electron chi connectivity index (χ0n) is 10.9. The summed E-state index contributed by atoms with van der Waals surface area (Å²) in [6.07, 6.45) is 2.40. The van der Waals surface area contributed by atoms with Crippen molar-refractivity contribution < 1.29 is 4.92 Å². The molecule has 1 N–H and O–H groups in total. The van der Waals surface area contributed by atoms with Gasteiger partial charge in [-0.15, -0.1) is 11.3 Å². The molecule has 0 aliphatic rings. The zero-order chi connectivity index (χ0) is 14.0. The van der Waals surface area contributed by atoms with E-state index in [0.29, 0.717) is 5.95 Å². The number of anilines is 1. The van der Waals surface area contributed by atoms with Crippen molar-refractivity contribution >= 4 is 23.0 Å². The van der Waals surface area contributed by atoms with Crippen LogP contribution in [-0.4, -0.2) is 14.9 Å². The summed E-state index contributed by atoms with van der Waals surface area (Å²) >= 11 is 1.74. The van der Waals surface area contributed by atoms with Crippen LogP contribution in [0.15, 0.2) is 18.5 Å². The van der Waals surface area contributed by atoms with Crippen molar-refractivity contribution in [1.82, 2.24) is 9.97 Å². The van der Waals surface area contributed by atoms with Crippen LogP contribution in [-0.2, 0) is 0 Å². The van der Waals surface area contributed by atoms with Gasteiger partial charge >= 0.3 is 5.69 Å². The molecule has 0 saturated carbocycles. The summed E-state index contributed by atoms with van der Waals surface area (Å²) in [4.78, 5) is 20.4. The Morgan fingerprint density at radius 1 is 1.37 bits per heavy atom. The highest BCUT2D eigenvalue weighted by atomic mass is 32.1. The molecule has 2 heterocycles. The van der Waals surface area contributed by atoms with Gasteiger partial charge in [-0.25, -0.2) is 9.97 Å². The van der Waals surface area contributed by atoms with E-state index in [0.717, 1.165) is 0 Å². The average molecular weight is 278 g/mol. The second kappa shape index (κ2) is 5.31. The van der Waals surface area contributed by atoms with Crippen molar-refractivity contribution in [3.63, 3.8) is 0 Å². The summed E-state index contributed by atoms with van der Waals surface area (Å²) in [5, 5.41) is 13.7. The molecule has 0 amide bonds. The molecule has 0 aromatic carbocycles. The second-order valence-electron chi connectivity index (χ2n) is 4.26. The standard InChI is InChI=1S/C12H14N4O2S/c1-7-4-11(9(3)19-7)8(2)15-12-13-5-10(6-14-12)16(17)18/h4-6,8H,1-3H3,(H,13,14,15). The third kappa shape index (κ3) is 3.05. The van der Waals surface area contributed by atoms with E-state index in [2.05, 4.69) is 35.2 Å². The maximum Gasteiger partial charge on any atom is 0.305 e. The van der Waals surface area contributed by atoms with Crippen LogP contribution in [0.25, 0.3) is 0 Å². The van der Waals surface area contributed by atoms with E-state index in [1.807, 2.05) is 6.92 Å². The topological polar surface area (TPSA) is 81.0 Å². The predicted molar refractivity (Wildman–Crippen MR) is 74.5 cm³/mol. The van der Waals surface area contributed by atoms with E-state index >= 15 is 0 Å². The molecule has 1 atom stereocenters. The first-order valence-electron chi connectivity index (χ1n) is 5.77. The number of nitrogens with zero attached hydrogens (tertiary/aromatic N) is 3. The normalized spacial score (nSPS) is 12.2. The van der Waals surface area contributed by atoms with Gasteiger partial charge in [0.2, 0.25) is 5.95 Å². The fourth-order valence-corrected chi connectivity index (χ4v) is 2.86. The molecule has 7 heteroatoms. The second-order valence-corrected chi connectivity index (χ2v) is 5.72. The van der Waals surface area contributed by atoms with Crippen LogP contribution in [0.4, 0.5) is 11.6 Å². The molecule has 0 spiro atoms. The Labute approximate surface area is 114 Å². The van der Waals surface area contributed by atoms with E-state index in [4.69, 9.17) is 0 Å². The molecular formula is C12H14N4O2S. The zero-order valence-corrected chi connectivity index (χ0v) is 11.7. The van der Waals surface area contributed by atoms with E-state index in [9.17, 15) is 10.1 Å². The molecule has 19 heavy (non-hydrogen) atoms. The van der Waals surface area contributed by atoms with Gasteiger partial charge in [-0.2, -0.15) is 0 Å². The van der Waals surface area contributed by atoms with Gasteiger partial charge in [-0.1, -0.05) is 0 Å². The summed E-state index contributed by atoms with van der Waals surface area (Å²) in [5.74, 6) is 0.390. The largest absolute Gasteiger partial charge is 0.348 e. The van der Waals surface area contributed by atoms with Gasteiger partial charge in [0, 0.05) is 9.75 Å². The smallest absolute Gasteiger partial charge is 0.305 e. The van der Waals surface area contributed by atoms with Crippen LogP contribution >= 0.6 is 11.3 Å². The Bertz CT molecular complexity index is 594. The molecule has 2 aromatic rings. The lowest BCUT2D eigenvalue weighted by molar-refractivity contribution is -0.385. The summed E-state index contributed by atoms with van der Waals surface area (Å²) < 4.78 is 0. The minimum Gasteiger partial charge on any atom is -0.348 e. The molecule has 0 fully saturated rings. The van der Waals surface area contributed by atoms with Crippen LogP contribution in [0.3, 0.4) is 0 Å². The molecule has 0 radical (unpaired) electrons. The van der Waals surface area contributed by atoms with E-state index in [1.54, 1.807) is 11.3 Å². The number of nitrogens with one attached hydrogen (secondary N) is 1. The summed E-state index contributed by atoms with van der Waals surface area (Å²) in [6, 6.07) is 2.19. The average Bonchev–Trinajstić information content (AvgIpc) is 2.69. The Morgan fingerprint density at radius 3 is 2.47 bits per heavy atom. The predicted octanol–water partition coefficient (Wildman–Crippen LogP) is 3.24. The number of aromatic nitrogens is 2. The Balaban J connectivity index is 2.12. The molecule has 1 unspecified atom stereocenters. The van der Waals surface area contributed by atoms with Crippen molar-refractivity contribution in [2.24, 2.45) is 0 Å². The first-order valence-corrected chi connectivity index (χ1v) is 6.59. The molecule has 2 rings (SSSR count). The van der Waals surface area contributed by atoms with Crippen LogP contribution in [0, 0.1) is 24.0 Å². The highest BCUT2D eigenvalue weighted by Gasteiger charge is 2.13. The number of thiophene rings is 1. The Kier molecular flexibility index (Phi) is 3.75. The molecule has 0 aliphatic carbocycles. The molecule has 0 aliphatic heterocycles. The lowest BCUT2D eigenvalue weighted by Crippen LogP contribution is -2.09. The van der Waals surface area contributed by atoms with Crippen molar-refractivity contribution in [2.45, 2.75) is 26.8 Å². The first-order chi connectivity index (χ1) is 8.97. The van der Waals surface area contributed by atoms with Crippen LogP contribution in [0.2, 0.25) is 0 Å². The molecular weight excluding hydrogens is 264 g/mol. The van der Waals surface area contributed by atoms with Crippen molar-refractivity contribution in [1.29, 1.82) is 0 Å². The number of aryl methyl sites for hydroxylation is 2. The lowest BCUT2D eigenvalue weighted by atomic mass is 10.1. The van der Waals surface area contributed by atoms with E-state index in [1.165, 1.54) is 27.7 Å².